The number of nitrogen functional groups attached to an aromatic ring is 1. The summed E-state index contributed by atoms with van der Waals surface area (Å²) >= 11 is 6.00. The highest BCUT2D eigenvalue weighted by molar-refractivity contribution is 6.33. The van der Waals surface area contributed by atoms with Crippen molar-refractivity contribution in [2.24, 2.45) is 0 Å². The van der Waals surface area contributed by atoms with Crippen LogP contribution in [0, 0.1) is 0 Å². The summed E-state index contributed by atoms with van der Waals surface area (Å²) in [5, 5.41) is 3.13. The van der Waals surface area contributed by atoms with Crippen LogP contribution in [0.4, 0.5) is 5.69 Å². The summed E-state index contributed by atoms with van der Waals surface area (Å²) < 4.78 is 16.0. The summed E-state index contributed by atoms with van der Waals surface area (Å²) in [5.41, 5.74) is 7.28. The number of amides is 1. The zero-order valence-corrected chi connectivity index (χ0v) is 16.4. The summed E-state index contributed by atoms with van der Waals surface area (Å²) in [6.45, 7) is 2.73. The largest absolute Gasteiger partial charge is 0.496 e. The molecule has 0 aliphatic heterocycles. The van der Waals surface area contributed by atoms with Gasteiger partial charge in [-0.25, -0.2) is 0 Å². The Morgan fingerprint density at radius 2 is 1.81 bits per heavy atom. The van der Waals surface area contributed by atoms with Crippen LogP contribution in [0.25, 0.3) is 0 Å². The van der Waals surface area contributed by atoms with Crippen LogP contribution in [0.5, 0.6) is 17.2 Å². The van der Waals surface area contributed by atoms with Gasteiger partial charge in [0.25, 0.3) is 5.91 Å². The molecule has 8 heteroatoms. The van der Waals surface area contributed by atoms with E-state index < -0.39 is 0 Å². The second kappa shape index (κ2) is 9.99. The number of nitrogens with two attached hydrogens (primary N) is 1. The normalized spacial score (nSPS) is 9.85. The van der Waals surface area contributed by atoms with Gasteiger partial charge in [-0.3, -0.25) is 4.79 Å². The maximum atomic E-state index is 12.4. The molecule has 26 heavy (non-hydrogen) atoms. The van der Waals surface area contributed by atoms with Crippen molar-refractivity contribution in [1.82, 2.24) is 5.32 Å². The average Bonchev–Trinajstić information content (AvgIpc) is 2.62. The summed E-state index contributed by atoms with van der Waals surface area (Å²) in [7, 11) is 3.05. The molecule has 2 aromatic carbocycles. The van der Waals surface area contributed by atoms with E-state index in [9.17, 15) is 4.79 Å². The number of hydrogen-bond acceptors (Lipinski definition) is 5. The molecule has 2 aromatic rings. The molecule has 6 nitrogen and oxygen atoms in total. The molecule has 0 aromatic heterocycles. The number of rotatable bonds is 7. The van der Waals surface area contributed by atoms with E-state index in [-0.39, 0.29) is 18.3 Å². The van der Waals surface area contributed by atoms with Gasteiger partial charge in [-0.2, -0.15) is 0 Å². The fourth-order valence-corrected chi connectivity index (χ4v) is 2.46. The Morgan fingerprint density at radius 1 is 1.12 bits per heavy atom. The molecule has 2 rings (SSSR count). The van der Waals surface area contributed by atoms with Crippen LogP contribution in [0.1, 0.15) is 22.8 Å². The first-order valence-electron chi connectivity index (χ1n) is 7.71. The molecular weight excluding hydrogens is 379 g/mol. The number of carbonyl (C=O) groups excluding carboxylic acids is 1. The number of anilines is 1. The molecule has 142 valence electrons. The van der Waals surface area contributed by atoms with Crippen LogP contribution in [0.15, 0.2) is 30.3 Å². The fourth-order valence-electron chi connectivity index (χ4n) is 2.29. The Hall–Kier alpha value is -2.31. The van der Waals surface area contributed by atoms with Crippen LogP contribution < -0.4 is 25.3 Å². The van der Waals surface area contributed by atoms with Crippen molar-refractivity contribution in [3.8, 4) is 17.2 Å². The number of hydrogen-bond donors (Lipinski definition) is 2. The molecule has 0 heterocycles. The topological polar surface area (TPSA) is 82.8 Å². The molecule has 3 N–H and O–H groups in total. The van der Waals surface area contributed by atoms with E-state index in [4.69, 9.17) is 31.5 Å². The van der Waals surface area contributed by atoms with Crippen LogP contribution in [0.2, 0.25) is 5.02 Å². The van der Waals surface area contributed by atoms with Crippen LogP contribution in [0.3, 0.4) is 0 Å². The molecule has 0 saturated carbocycles. The molecule has 0 saturated heterocycles. The average molecular weight is 401 g/mol. The van der Waals surface area contributed by atoms with Gasteiger partial charge in [0.2, 0.25) is 0 Å². The van der Waals surface area contributed by atoms with Crippen LogP contribution in [-0.4, -0.2) is 26.7 Å². The minimum Gasteiger partial charge on any atom is -0.496 e. The van der Waals surface area contributed by atoms with Crippen molar-refractivity contribution < 1.29 is 19.0 Å². The highest BCUT2D eigenvalue weighted by Gasteiger charge is 2.15. The standard InChI is InChI=1S/C18H21ClN2O4.ClH/c1-4-25-17-7-11(5-6-15(17)23-2)10-21-18(22)12-8-13(19)14(20)9-16(12)24-3;/h5-9H,4,10,20H2,1-3H3,(H,21,22);1H. The first kappa shape index (κ1) is 21.7. The monoisotopic (exact) mass is 400 g/mol. The van der Waals surface area contributed by atoms with Gasteiger partial charge in [-0.15, -0.1) is 12.4 Å². The number of methoxy groups -OCH3 is 2. The summed E-state index contributed by atoms with van der Waals surface area (Å²) in [4.78, 5) is 12.4. The maximum absolute atomic E-state index is 12.4. The number of carbonyl (C=O) groups is 1. The van der Waals surface area contributed by atoms with E-state index in [1.54, 1.807) is 13.2 Å². The molecule has 0 bridgehead atoms. The van der Waals surface area contributed by atoms with Gasteiger partial charge in [-0.1, -0.05) is 17.7 Å². The molecule has 0 radical (unpaired) electrons. The minimum absolute atomic E-state index is 0. The van der Waals surface area contributed by atoms with Crippen LogP contribution in [-0.2, 0) is 6.54 Å². The van der Waals surface area contributed by atoms with E-state index >= 15 is 0 Å². The molecule has 0 spiro atoms. The van der Waals surface area contributed by atoms with E-state index in [1.807, 2.05) is 19.1 Å². The van der Waals surface area contributed by atoms with E-state index in [0.29, 0.717) is 46.7 Å². The van der Waals surface area contributed by atoms with E-state index in [1.165, 1.54) is 19.2 Å². The SMILES string of the molecule is CCOc1cc(CNC(=O)c2cc(Cl)c(N)cc2OC)ccc1OC.Cl. The summed E-state index contributed by atoms with van der Waals surface area (Å²) in [6.07, 6.45) is 0. The molecular formula is C18H22Cl2N2O4. The lowest BCUT2D eigenvalue weighted by Crippen LogP contribution is -2.23. The summed E-state index contributed by atoms with van der Waals surface area (Å²) in [6, 6.07) is 8.50. The van der Waals surface area contributed by atoms with Crippen molar-refractivity contribution in [2.45, 2.75) is 13.5 Å². The number of halogens is 2. The lowest BCUT2D eigenvalue weighted by Gasteiger charge is -2.13. The van der Waals surface area contributed by atoms with Gasteiger partial charge in [0.05, 0.1) is 37.1 Å². The van der Waals surface area contributed by atoms with Crippen molar-refractivity contribution in [3.05, 3.63) is 46.5 Å². The van der Waals surface area contributed by atoms with Gasteiger partial charge >= 0.3 is 0 Å². The third-order valence-corrected chi connectivity index (χ3v) is 3.87. The number of ether oxygens (including phenoxy) is 3. The second-order valence-electron chi connectivity index (χ2n) is 5.17. The van der Waals surface area contributed by atoms with Gasteiger partial charge in [0.15, 0.2) is 11.5 Å². The first-order valence-corrected chi connectivity index (χ1v) is 8.08. The first-order chi connectivity index (χ1) is 12.0. The van der Waals surface area contributed by atoms with Gasteiger partial charge in [-0.05, 0) is 30.7 Å². The maximum Gasteiger partial charge on any atom is 0.255 e. The Morgan fingerprint density at radius 3 is 2.42 bits per heavy atom. The fraction of sp³-hybridized carbons (Fsp3) is 0.278. The van der Waals surface area contributed by atoms with Gasteiger partial charge < -0.3 is 25.3 Å². The smallest absolute Gasteiger partial charge is 0.255 e. The van der Waals surface area contributed by atoms with Crippen molar-refractivity contribution in [1.29, 1.82) is 0 Å². The van der Waals surface area contributed by atoms with Crippen molar-refractivity contribution in [2.75, 3.05) is 26.6 Å². The Kier molecular flexibility index (Phi) is 8.35. The minimum atomic E-state index is -0.312. The molecule has 0 unspecified atom stereocenters. The van der Waals surface area contributed by atoms with E-state index in [2.05, 4.69) is 5.32 Å². The highest BCUT2D eigenvalue weighted by atomic mass is 35.5. The zero-order valence-electron chi connectivity index (χ0n) is 14.8. The third-order valence-electron chi connectivity index (χ3n) is 3.54. The third kappa shape index (κ3) is 5.09. The molecule has 0 fully saturated rings. The van der Waals surface area contributed by atoms with Crippen molar-refractivity contribution >= 4 is 35.6 Å². The van der Waals surface area contributed by atoms with Crippen LogP contribution >= 0.6 is 24.0 Å². The van der Waals surface area contributed by atoms with Gasteiger partial charge in [0.1, 0.15) is 5.75 Å². The number of nitrogens with one attached hydrogen (secondary N) is 1. The Balaban J connectivity index is 0.00000338. The van der Waals surface area contributed by atoms with Crippen molar-refractivity contribution in [3.63, 3.8) is 0 Å². The summed E-state index contributed by atoms with van der Waals surface area (Å²) in [5.74, 6) is 1.32. The number of benzene rings is 2. The highest BCUT2D eigenvalue weighted by Crippen LogP contribution is 2.30. The predicted molar refractivity (Wildman–Crippen MR) is 105 cm³/mol. The second-order valence-corrected chi connectivity index (χ2v) is 5.58. The molecule has 0 atom stereocenters. The molecule has 0 aliphatic carbocycles. The quantitative estimate of drug-likeness (QED) is 0.692. The zero-order chi connectivity index (χ0) is 18.4. The van der Waals surface area contributed by atoms with E-state index in [0.717, 1.165) is 5.56 Å². The predicted octanol–water partition coefficient (Wildman–Crippen LogP) is 3.69. The molecule has 0 aliphatic rings. The van der Waals surface area contributed by atoms with Gasteiger partial charge in [0, 0.05) is 12.6 Å². The molecule has 1 amide bonds. The Bertz CT molecular complexity index is 769. The lowest BCUT2D eigenvalue weighted by molar-refractivity contribution is 0.0948. The lowest BCUT2D eigenvalue weighted by atomic mass is 10.1. The Labute approximate surface area is 164 Å².